The van der Waals surface area contributed by atoms with Gasteiger partial charge in [-0.2, -0.15) is 6.08 Å². The summed E-state index contributed by atoms with van der Waals surface area (Å²) in [4.78, 5) is 0. The SMILES string of the molecule is [C-]1=CCC=C1.[Cl][Hg][C]1=C[C-]=CC1.[Fe+2]. The molecule has 0 aromatic heterocycles. The summed E-state index contributed by atoms with van der Waals surface area (Å²) in [7, 11) is 5.70. The molecule has 0 bridgehead atoms. The molecule has 2 aliphatic carbocycles. The van der Waals surface area contributed by atoms with E-state index in [4.69, 9.17) is 8.25 Å². The molecule has 66 valence electrons. The predicted octanol–water partition coefficient (Wildman–Crippen LogP) is 3.17. The van der Waals surface area contributed by atoms with Crippen LogP contribution in [0.15, 0.2) is 33.5 Å². The molecule has 0 nitrogen and oxygen atoms in total. The van der Waals surface area contributed by atoms with Crippen LogP contribution in [0.4, 0.5) is 0 Å². The van der Waals surface area contributed by atoms with Crippen molar-refractivity contribution >= 4 is 8.25 Å². The molecule has 0 spiro atoms. The summed E-state index contributed by atoms with van der Waals surface area (Å²) in [6.45, 7) is 0. The zero-order valence-corrected chi connectivity index (χ0v) is 14.6. The van der Waals surface area contributed by atoms with Crippen LogP contribution < -0.4 is 0 Å². The van der Waals surface area contributed by atoms with Gasteiger partial charge in [-0.05, 0) is 0 Å². The summed E-state index contributed by atoms with van der Waals surface area (Å²) >= 11 is -0.986. The predicted molar refractivity (Wildman–Crippen MR) is 47.9 cm³/mol. The molecule has 0 unspecified atom stereocenters. The van der Waals surface area contributed by atoms with E-state index in [1.807, 2.05) is 24.3 Å². The summed E-state index contributed by atoms with van der Waals surface area (Å²) in [5.74, 6) is 0. The monoisotopic (exact) mass is 422 g/mol. The van der Waals surface area contributed by atoms with Gasteiger partial charge >= 0.3 is 76.4 Å². The minimum Gasteiger partial charge on any atom is 2.00 e. The smallest absolute Gasteiger partial charge is 2.00 e. The Kier molecular flexibility index (Phi) is 9.77. The fourth-order valence-electron chi connectivity index (χ4n) is 0.859. The van der Waals surface area contributed by atoms with Crippen molar-refractivity contribution in [2.45, 2.75) is 12.8 Å². The van der Waals surface area contributed by atoms with Crippen molar-refractivity contribution < 1.29 is 40.4 Å². The van der Waals surface area contributed by atoms with E-state index in [9.17, 15) is 0 Å². The molecule has 3 heteroatoms. The molecule has 2 aliphatic rings. The summed E-state index contributed by atoms with van der Waals surface area (Å²) in [5, 5.41) is 0. The average Bonchev–Trinajstić information content (AvgIpc) is 2.81. The van der Waals surface area contributed by atoms with Gasteiger partial charge < -0.3 is 0 Å². The maximum absolute atomic E-state index is 5.70. The molecule has 0 saturated carbocycles. The Balaban J connectivity index is 0.000000215. The van der Waals surface area contributed by atoms with Crippen LogP contribution in [0.3, 0.4) is 0 Å². The molecular weight excluding hydrogens is 412 g/mol. The van der Waals surface area contributed by atoms with Crippen LogP contribution >= 0.6 is 8.25 Å². The zero-order chi connectivity index (χ0) is 8.65. The maximum atomic E-state index is 5.70. The summed E-state index contributed by atoms with van der Waals surface area (Å²) in [6.07, 6.45) is 18.2. The third-order valence-electron chi connectivity index (χ3n) is 1.53. The van der Waals surface area contributed by atoms with Crippen LogP contribution in [-0.2, 0) is 40.4 Å². The molecule has 0 fully saturated rings. The molecule has 0 radical (unpaired) electrons. The number of halogens is 1. The Morgan fingerprint density at radius 1 is 1.31 bits per heavy atom. The summed E-state index contributed by atoms with van der Waals surface area (Å²) < 4.78 is 1.49. The van der Waals surface area contributed by atoms with E-state index in [0.717, 1.165) is 12.8 Å². The molecular formula is C10H9ClFeHg. The molecule has 0 heterocycles. The Morgan fingerprint density at radius 3 is 2.38 bits per heavy atom. The Morgan fingerprint density at radius 2 is 2.15 bits per heavy atom. The number of hydrogen-bond donors (Lipinski definition) is 0. The zero-order valence-electron chi connectivity index (χ0n) is 7.24. The van der Waals surface area contributed by atoms with Gasteiger partial charge in [0, 0.05) is 0 Å². The Hall–Kier alpha value is 0.705. The first-order valence-corrected chi connectivity index (χ1v) is 13.5. The van der Waals surface area contributed by atoms with Gasteiger partial charge in [0.2, 0.25) is 0 Å². The quantitative estimate of drug-likeness (QED) is 0.451. The van der Waals surface area contributed by atoms with Gasteiger partial charge in [-0.3, -0.25) is 6.08 Å². The first-order chi connectivity index (χ1) is 5.93. The van der Waals surface area contributed by atoms with Gasteiger partial charge in [0.1, 0.15) is 0 Å². The number of allylic oxidation sites excluding steroid dienone is 8. The molecule has 0 aromatic rings. The van der Waals surface area contributed by atoms with Crippen LogP contribution in [0.2, 0.25) is 0 Å². The largest absolute Gasteiger partial charge is 2.00 e. The fourth-order valence-corrected chi connectivity index (χ4v) is 4.24. The topological polar surface area (TPSA) is 0 Å². The first-order valence-electron chi connectivity index (χ1n) is 3.98. The van der Waals surface area contributed by atoms with E-state index in [1.54, 1.807) is 0 Å². The van der Waals surface area contributed by atoms with E-state index in [-0.39, 0.29) is 17.1 Å². The van der Waals surface area contributed by atoms with Gasteiger partial charge in [-0.1, -0.05) is 0 Å². The maximum Gasteiger partial charge on any atom is 2.00 e. The normalized spacial score (nSPS) is 15.6. The van der Waals surface area contributed by atoms with Crippen molar-refractivity contribution in [1.82, 2.24) is 0 Å². The first kappa shape index (κ1) is 13.7. The van der Waals surface area contributed by atoms with E-state index >= 15 is 0 Å². The van der Waals surface area contributed by atoms with Gasteiger partial charge in [0.25, 0.3) is 0 Å². The van der Waals surface area contributed by atoms with Crippen molar-refractivity contribution in [1.29, 1.82) is 0 Å². The third-order valence-corrected chi connectivity index (χ3v) is 7.79. The summed E-state index contributed by atoms with van der Waals surface area (Å²) in [5.41, 5.74) is 0. The second-order valence-corrected chi connectivity index (χ2v) is 9.43. The van der Waals surface area contributed by atoms with Crippen LogP contribution in [0.5, 0.6) is 0 Å². The van der Waals surface area contributed by atoms with Gasteiger partial charge in [-0.25, -0.2) is 12.2 Å². The molecule has 0 atom stereocenters. The molecule has 0 aliphatic heterocycles. The second kappa shape index (κ2) is 9.27. The molecule has 0 saturated heterocycles. The van der Waals surface area contributed by atoms with E-state index in [0.29, 0.717) is 0 Å². The van der Waals surface area contributed by atoms with E-state index in [1.165, 1.54) is 3.08 Å². The second-order valence-electron chi connectivity index (χ2n) is 2.52. The van der Waals surface area contributed by atoms with Crippen LogP contribution in [0.25, 0.3) is 0 Å². The fraction of sp³-hybridized carbons (Fsp3) is 0.200. The van der Waals surface area contributed by atoms with Crippen molar-refractivity contribution in [2.75, 3.05) is 0 Å². The minimum atomic E-state index is -0.986. The van der Waals surface area contributed by atoms with E-state index in [2.05, 4.69) is 18.2 Å². The van der Waals surface area contributed by atoms with E-state index < -0.39 is 23.3 Å². The van der Waals surface area contributed by atoms with Crippen molar-refractivity contribution in [3.8, 4) is 0 Å². The average molecular weight is 421 g/mol. The Bertz CT molecular complexity index is 231. The third kappa shape index (κ3) is 6.73. The minimum absolute atomic E-state index is 0. The van der Waals surface area contributed by atoms with Gasteiger partial charge in [0.05, 0.1) is 0 Å². The number of rotatable bonds is 1. The molecule has 0 amide bonds. The molecule has 0 aromatic carbocycles. The van der Waals surface area contributed by atoms with Gasteiger partial charge in [-0.15, -0.1) is 6.42 Å². The molecule has 13 heavy (non-hydrogen) atoms. The standard InChI is InChI=1S/C5H5.C5H4.ClH.Fe.Hg/c2*1-2-4-5-3-1;;;/h1-2,5H,3H2;1,5H,2H2;1H;;/q2*-1;;+2;+1/p-1. The summed E-state index contributed by atoms with van der Waals surface area (Å²) in [6, 6.07) is 0. The van der Waals surface area contributed by atoms with Crippen molar-refractivity contribution in [2.24, 2.45) is 0 Å². The van der Waals surface area contributed by atoms with Crippen LogP contribution in [0, 0.1) is 12.2 Å². The van der Waals surface area contributed by atoms with Crippen molar-refractivity contribution in [3.63, 3.8) is 0 Å². The van der Waals surface area contributed by atoms with Crippen molar-refractivity contribution in [3.05, 3.63) is 45.6 Å². The van der Waals surface area contributed by atoms with Crippen LogP contribution in [0.1, 0.15) is 12.8 Å². The Labute approximate surface area is 106 Å². The van der Waals surface area contributed by atoms with Crippen LogP contribution in [-0.4, -0.2) is 0 Å². The van der Waals surface area contributed by atoms with Gasteiger partial charge in [0.15, 0.2) is 0 Å². The molecule has 2 rings (SSSR count). The molecule has 0 N–H and O–H groups in total. The number of hydrogen-bond acceptors (Lipinski definition) is 0.